The van der Waals surface area contributed by atoms with Crippen molar-refractivity contribution >= 4 is 0 Å². The van der Waals surface area contributed by atoms with Gasteiger partial charge < -0.3 is 5.11 Å². The second-order valence-corrected chi connectivity index (χ2v) is 11.8. The first-order valence-corrected chi connectivity index (χ1v) is 12.3. The van der Waals surface area contributed by atoms with Crippen molar-refractivity contribution in [2.24, 2.45) is 46.3 Å². The number of rotatable bonds is 4. The van der Waals surface area contributed by atoms with E-state index in [-0.39, 0.29) is 6.10 Å². The molecular weight excluding hydrogens is 340 g/mol. The maximum atomic E-state index is 10.2. The third-order valence-corrected chi connectivity index (χ3v) is 9.83. The summed E-state index contributed by atoms with van der Waals surface area (Å²) in [6, 6.07) is 0. The van der Waals surface area contributed by atoms with Crippen LogP contribution in [0.5, 0.6) is 0 Å². The van der Waals surface area contributed by atoms with Crippen LogP contribution >= 0.6 is 0 Å². The van der Waals surface area contributed by atoms with Crippen LogP contribution in [0.1, 0.15) is 92.4 Å². The Morgan fingerprint density at radius 1 is 1.07 bits per heavy atom. The van der Waals surface area contributed by atoms with Gasteiger partial charge in [-0.2, -0.15) is 0 Å². The largest absolute Gasteiger partial charge is 0.393 e. The van der Waals surface area contributed by atoms with Gasteiger partial charge in [0.15, 0.2) is 0 Å². The van der Waals surface area contributed by atoms with Crippen molar-refractivity contribution in [3.05, 3.63) is 23.8 Å². The van der Waals surface area contributed by atoms with E-state index in [4.69, 9.17) is 0 Å². The average Bonchev–Trinajstić information content (AvgIpc) is 2.99. The zero-order valence-corrected chi connectivity index (χ0v) is 19.1. The zero-order valence-electron chi connectivity index (χ0n) is 19.1. The molecule has 8 atom stereocenters. The number of allylic oxidation sites excluding steroid dienone is 3. The Morgan fingerprint density at radius 2 is 1.86 bits per heavy atom. The molecule has 0 radical (unpaired) electrons. The van der Waals surface area contributed by atoms with Crippen LogP contribution in [0.3, 0.4) is 0 Å². The van der Waals surface area contributed by atoms with E-state index in [2.05, 4.69) is 52.8 Å². The highest BCUT2D eigenvalue weighted by molar-refractivity contribution is 5.25. The first kappa shape index (κ1) is 20.7. The maximum Gasteiger partial charge on any atom is 0.0577 e. The molecule has 1 N–H and O–H groups in total. The fourth-order valence-corrected chi connectivity index (χ4v) is 8.25. The monoisotopic (exact) mass is 384 g/mol. The van der Waals surface area contributed by atoms with Gasteiger partial charge in [0.05, 0.1) is 6.10 Å². The van der Waals surface area contributed by atoms with Crippen molar-refractivity contribution in [1.29, 1.82) is 0 Å². The average molecular weight is 385 g/mol. The quantitative estimate of drug-likeness (QED) is 0.510. The Kier molecular flexibility index (Phi) is 5.62. The molecule has 0 heterocycles. The van der Waals surface area contributed by atoms with Crippen LogP contribution in [0.4, 0.5) is 0 Å². The molecule has 0 bridgehead atoms. The summed E-state index contributed by atoms with van der Waals surface area (Å²) < 4.78 is 0. The summed E-state index contributed by atoms with van der Waals surface area (Å²) in [6.45, 7) is 12.3. The molecule has 1 heteroatoms. The number of fused-ring (bicyclic) bond motifs is 5. The van der Waals surface area contributed by atoms with Crippen molar-refractivity contribution in [1.82, 2.24) is 0 Å². The van der Waals surface area contributed by atoms with E-state index in [1.54, 1.807) is 5.57 Å². The summed E-state index contributed by atoms with van der Waals surface area (Å²) in [5.74, 6) is 5.03. The molecule has 4 aliphatic rings. The third-order valence-electron chi connectivity index (χ3n) is 9.83. The van der Waals surface area contributed by atoms with Crippen LogP contribution in [-0.2, 0) is 0 Å². The Labute approximate surface area is 174 Å². The van der Waals surface area contributed by atoms with Crippen molar-refractivity contribution in [3.63, 3.8) is 0 Å². The summed E-state index contributed by atoms with van der Waals surface area (Å²) in [5, 5.41) is 10.2. The second kappa shape index (κ2) is 7.60. The minimum Gasteiger partial charge on any atom is -0.393 e. The highest BCUT2D eigenvalue weighted by atomic mass is 16.3. The van der Waals surface area contributed by atoms with E-state index >= 15 is 0 Å². The lowest BCUT2D eigenvalue weighted by Crippen LogP contribution is -2.50. The molecule has 158 valence electrons. The normalized spacial score (nSPS) is 46.8. The SMILES string of the molecule is CC(C)C/C=C/[C@@H](C)[C@H]1CC[C@H]2[C@@H]3CC=C4C[C@@H](O)CC[C@]4(C)[C@H]3CC[C@]12C. The van der Waals surface area contributed by atoms with Gasteiger partial charge in [0.25, 0.3) is 0 Å². The standard InChI is InChI=1S/C27H44O/c1-18(2)7-6-8-19(3)23-11-12-24-22-10-9-20-17-21(28)13-15-26(20,4)25(22)14-16-27(23,24)5/h6,8-9,18-19,21-25,28H,7,10-17H2,1-5H3/b8-6+/t19-,21+,22+,23-,24+,25+,26+,27-/m1/s1. The molecular formula is C27H44O. The number of aliphatic hydroxyl groups is 1. The highest BCUT2D eigenvalue weighted by Gasteiger charge is 2.58. The van der Waals surface area contributed by atoms with Gasteiger partial charge in [-0.15, -0.1) is 0 Å². The molecule has 3 fully saturated rings. The molecule has 1 nitrogen and oxygen atoms in total. The summed E-state index contributed by atoms with van der Waals surface area (Å²) in [7, 11) is 0. The van der Waals surface area contributed by atoms with Crippen LogP contribution in [-0.4, -0.2) is 11.2 Å². The van der Waals surface area contributed by atoms with Gasteiger partial charge in [-0.3, -0.25) is 0 Å². The number of aliphatic hydroxyl groups excluding tert-OH is 1. The predicted octanol–water partition coefficient (Wildman–Crippen LogP) is 7.16. The molecule has 0 amide bonds. The minimum atomic E-state index is -0.0842. The van der Waals surface area contributed by atoms with Gasteiger partial charge in [-0.05, 0) is 104 Å². The van der Waals surface area contributed by atoms with Gasteiger partial charge in [0, 0.05) is 0 Å². The van der Waals surface area contributed by atoms with E-state index in [0.717, 1.165) is 48.3 Å². The summed E-state index contributed by atoms with van der Waals surface area (Å²) in [4.78, 5) is 0. The van der Waals surface area contributed by atoms with Gasteiger partial charge in [-0.1, -0.05) is 58.4 Å². The number of hydrogen-bond donors (Lipinski definition) is 1. The molecule has 4 aliphatic carbocycles. The Hall–Kier alpha value is -0.560. The molecule has 0 aromatic carbocycles. The number of hydrogen-bond acceptors (Lipinski definition) is 1. The Morgan fingerprint density at radius 3 is 2.61 bits per heavy atom. The van der Waals surface area contributed by atoms with E-state index in [9.17, 15) is 5.11 Å². The first-order chi connectivity index (χ1) is 13.3. The third kappa shape index (κ3) is 3.34. The summed E-state index contributed by atoms with van der Waals surface area (Å²) >= 11 is 0. The minimum absolute atomic E-state index is 0.0842. The van der Waals surface area contributed by atoms with Crippen molar-refractivity contribution < 1.29 is 5.11 Å². The molecule has 0 saturated heterocycles. The maximum absolute atomic E-state index is 10.2. The van der Waals surface area contributed by atoms with Crippen LogP contribution in [0, 0.1) is 46.3 Å². The van der Waals surface area contributed by atoms with Crippen molar-refractivity contribution in [2.45, 2.75) is 98.5 Å². The Balaban J connectivity index is 1.53. The molecule has 28 heavy (non-hydrogen) atoms. The lowest BCUT2D eigenvalue weighted by atomic mass is 9.47. The highest BCUT2D eigenvalue weighted by Crippen LogP contribution is 2.67. The van der Waals surface area contributed by atoms with Crippen LogP contribution in [0.25, 0.3) is 0 Å². The molecule has 0 unspecified atom stereocenters. The molecule has 4 rings (SSSR count). The smallest absolute Gasteiger partial charge is 0.0577 e. The van der Waals surface area contributed by atoms with Gasteiger partial charge >= 0.3 is 0 Å². The predicted molar refractivity (Wildman–Crippen MR) is 119 cm³/mol. The Bertz CT molecular complexity index is 630. The fourth-order valence-electron chi connectivity index (χ4n) is 8.25. The van der Waals surface area contributed by atoms with Crippen LogP contribution < -0.4 is 0 Å². The van der Waals surface area contributed by atoms with Gasteiger partial charge in [0.1, 0.15) is 0 Å². The van der Waals surface area contributed by atoms with Crippen LogP contribution in [0.15, 0.2) is 23.8 Å². The summed E-state index contributed by atoms with van der Waals surface area (Å²) in [6.07, 6.45) is 18.9. The molecule has 3 saturated carbocycles. The van der Waals surface area contributed by atoms with E-state index in [1.165, 1.54) is 44.9 Å². The molecule has 0 aliphatic heterocycles. The molecule has 0 aromatic rings. The summed E-state index contributed by atoms with van der Waals surface area (Å²) in [5.41, 5.74) is 2.53. The molecule has 0 spiro atoms. The van der Waals surface area contributed by atoms with Crippen molar-refractivity contribution in [2.75, 3.05) is 0 Å². The molecule has 0 aromatic heterocycles. The van der Waals surface area contributed by atoms with E-state index in [1.807, 2.05) is 0 Å². The lowest BCUT2D eigenvalue weighted by molar-refractivity contribution is -0.0540. The zero-order chi connectivity index (χ0) is 20.1. The van der Waals surface area contributed by atoms with Crippen LogP contribution in [0.2, 0.25) is 0 Å². The van der Waals surface area contributed by atoms with E-state index < -0.39 is 0 Å². The van der Waals surface area contributed by atoms with Gasteiger partial charge in [0.2, 0.25) is 0 Å². The topological polar surface area (TPSA) is 20.2 Å². The lowest BCUT2D eigenvalue weighted by Gasteiger charge is -2.58. The first-order valence-electron chi connectivity index (χ1n) is 12.3. The van der Waals surface area contributed by atoms with Gasteiger partial charge in [-0.25, -0.2) is 0 Å². The van der Waals surface area contributed by atoms with E-state index in [0.29, 0.717) is 10.8 Å². The van der Waals surface area contributed by atoms with Crippen molar-refractivity contribution in [3.8, 4) is 0 Å². The fraction of sp³-hybridized carbons (Fsp3) is 0.852. The second-order valence-electron chi connectivity index (χ2n) is 11.8.